The third kappa shape index (κ3) is 2.85. The van der Waals surface area contributed by atoms with E-state index in [2.05, 4.69) is 41.1 Å². The molecule has 4 rings (SSSR count). The van der Waals surface area contributed by atoms with Crippen LogP contribution < -0.4 is 10.5 Å². The zero-order chi connectivity index (χ0) is 17.2. The van der Waals surface area contributed by atoms with Crippen LogP contribution in [0.1, 0.15) is 29.0 Å². The van der Waals surface area contributed by atoms with Crippen LogP contribution in [0.15, 0.2) is 53.4 Å². The molecule has 0 radical (unpaired) electrons. The van der Waals surface area contributed by atoms with Gasteiger partial charge in [-0.2, -0.15) is 0 Å². The topological polar surface area (TPSA) is 61.3 Å². The Morgan fingerprint density at radius 1 is 1.28 bits per heavy atom. The Hall–Kier alpha value is -3.19. The summed E-state index contributed by atoms with van der Waals surface area (Å²) < 4.78 is 10.8. The number of ether oxygens (including phenoxy) is 1. The highest BCUT2D eigenvalue weighted by Gasteiger charge is 2.20. The summed E-state index contributed by atoms with van der Waals surface area (Å²) >= 11 is 0. The van der Waals surface area contributed by atoms with Gasteiger partial charge < -0.3 is 14.9 Å². The summed E-state index contributed by atoms with van der Waals surface area (Å²) in [6, 6.07) is 12.2. The molecule has 0 spiro atoms. The quantitative estimate of drug-likeness (QED) is 0.569. The Kier molecular flexibility index (Phi) is 3.91. The van der Waals surface area contributed by atoms with Gasteiger partial charge in [-0.05, 0) is 30.0 Å². The van der Waals surface area contributed by atoms with Crippen molar-refractivity contribution in [2.75, 3.05) is 12.8 Å². The van der Waals surface area contributed by atoms with Gasteiger partial charge in [0, 0.05) is 17.5 Å². The molecular formula is C21H18N2O2. The summed E-state index contributed by atoms with van der Waals surface area (Å²) in [5, 5.41) is 0. The number of anilines is 1. The predicted molar refractivity (Wildman–Crippen MR) is 97.3 cm³/mol. The molecule has 1 aliphatic carbocycles. The van der Waals surface area contributed by atoms with E-state index in [1.165, 1.54) is 17.5 Å². The molecule has 1 atom stereocenters. The molecule has 2 aromatic carbocycles. The van der Waals surface area contributed by atoms with Crippen LogP contribution in [0.5, 0.6) is 5.75 Å². The first-order chi connectivity index (χ1) is 12.3. The first-order valence-electron chi connectivity index (χ1n) is 8.22. The number of methoxy groups -OCH3 is 1. The Balaban J connectivity index is 1.72. The van der Waals surface area contributed by atoms with Gasteiger partial charge in [0.05, 0.1) is 24.6 Å². The van der Waals surface area contributed by atoms with Gasteiger partial charge in [-0.15, -0.1) is 0 Å². The molecule has 0 saturated heterocycles. The molecule has 124 valence electrons. The first kappa shape index (κ1) is 15.3. The fourth-order valence-corrected chi connectivity index (χ4v) is 3.29. The second-order valence-electron chi connectivity index (χ2n) is 6.06. The second-order valence-corrected chi connectivity index (χ2v) is 6.06. The molecule has 1 heterocycles. The molecule has 0 aliphatic heterocycles. The van der Waals surface area contributed by atoms with Crippen molar-refractivity contribution in [3.63, 3.8) is 0 Å². The van der Waals surface area contributed by atoms with E-state index in [4.69, 9.17) is 14.9 Å². The lowest BCUT2D eigenvalue weighted by Crippen LogP contribution is -1.96. The highest BCUT2D eigenvalue weighted by atomic mass is 16.5. The zero-order valence-corrected chi connectivity index (χ0v) is 14.0. The van der Waals surface area contributed by atoms with Gasteiger partial charge in [-0.1, -0.05) is 36.1 Å². The average Bonchev–Trinajstić information content (AvgIpc) is 3.30. The molecule has 1 unspecified atom stereocenters. The fraction of sp³-hybridized carbons (Fsp3) is 0.190. The number of aromatic nitrogens is 1. The number of nitrogens with two attached hydrogens (primary N) is 1. The standard InChI is InChI=1S/C21H18N2O2/c1-24-20-11-19(22)16(10-18(20)21-12-23-13-25-21)9-8-15-7-6-14-4-2-3-5-17(14)15/h2-5,10-13,15H,6-7,22H2,1H3. The number of hydrogen-bond acceptors (Lipinski definition) is 4. The van der Waals surface area contributed by atoms with Crippen molar-refractivity contribution in [1.82, 2.24) is 4.98 Å². The zero-order valence-electron chi connectivity index (χ0n) is 14.0. The Morgan fingerprint density at radius 3 is 2.96 bits per heavy atom. The molecule has 2 N–H and O–H groups in total. The Labute approximate surface area is 146 Å². The van der Waals surface area contributed by atoms with Crippen molar-refractivity contribution in [3.8, 4) is 28.9 Å². The lowest BCUT2D eigenvalue weighted by Gasteiger charge is -2.09. The van der Waals surface area contributed by atoms with Crippen LogP contribution in [0.2, 0.25) is 0 Å². The Morgan fingerprint density at radius 2 is 2.16 bits per heavy atom. The van der Waals surface area contributed by atoms with E-state index in [0.29, 0.717) is 17.2 Å². The number of aryl methyl sites for hydroxylation is 1. The summed E-state index contributed by atoms with van der Waals surface area (Å²) in [5.74, 6) is 8.18. The van der Waals surface area contributed by atoms with E-state index in [9.17, 15) is 0 Å². The van der Waals surface area contributed by atoms with Crippen molar-refractivity contribution in [1.29, 1.82) is 0 Å². The predicted octanol–water partition coefficient (Wildman–Crippen LogP) is 4.01. The van der Waals surface area contributed by atoms with Crippen LogP contribution in [0.25, 0.3) is 11.3 Å². The van der Waals surface area contributed by atoms with Crippen LogP contribution in [0, 0.1) is 11.8 Å². The maximum atomic E-state index is 6.17. The van der Waals surface area contributed by atoms with E-state index >= 15 is 0 Å². The number of hydrogen-bond donors (Lipinski definition) is 1. The van der Waals surface area contributed by atoms with Crippen LogP contribution in [-0.2, 0) is 6.42 Å². The van der Waals surface area contributed by atoms with Crippen molar-refractivity contribution in [3.05, 3.63) is 65.7 Å². The molecule has 3 aromatic rings. The highest BCUT2D eigenvalue weighted by Crippen LogP contribution is 2.35. The number of benzene rings is 2. The number of rotatable bonds is 2. The maximum Gasteiger partial charge on any atom is 0.181 e. The molecular weight excluding hydrogens is 312 g/mol. The SMILES string of the molecule is COc1cc(N)c(C#CC2CCc3ccccc32)cc1-c1cnco1. The second kappa shape index (κ2) is 6.37. The van der Waals surface area contributed by atoms with E-state index < -0.39 is 0 Å². The van der Waals surface area contributed by atoms with Gasteiger partial charge in [0.1, 0.15) is 5.75 Å². The molecule has 0 saturated carbocycles. The molecule has 1 aliphatic rings. The summed E-state index contributed by atoms with van der Waals surface area (Å²) in [6.07, 6.45) is 5.18. The minimum absolute atomic E-state index is 0.256. The molecule has 0 fully saturated rings. The van der Waals surface area contributed by atoms with Crippen LogP contribution in [0.3, 0.4) is 0 Å². The van der Waals surface area contributed by atoms with Gasteiger partial charge in [-0.25, -0.2) is 4.98 Å². The van der Waals surface area contributed by atoms with Crippen molar-refractivity contribution in [2.24, 2.45) is 0 Å². The van der Waals surface area contributed by atoms with E-state index in [-0.39, 0.29) is 5.92 Å². The number of nitrogens with zero attached hydrogens (tertiary/aromatic N) is 1. The Bertz CT molecular complexity index is 965. The first-order valence-corrected chi connectivity index (χ1v) is 8.22. The summed E-state index contributed by atoms with van der Waals surface area (Å²) in [6.45, 7) is 0. The monoisotopic (exact) mass is 330 g/mol. The molecule has 4 heteroatoms. The maximum absolute atomic E-state index is 6.17. The highest BCUT2D eigenvalue weighted by molar-refractivity contribution is 5.74. The largest absolute Gasteiger partial charge is 0.496 e. The number of nitrogen functional groups attached to an aromatic ring is 1. The lowest BCUT2D eigenvalue weighted by molar-refractivity contribution is 0.415. The molecule has 4 nitrogen and oxygen atoms in total. The normalized spacial score (nSPS) is 15.3. The van der Waals surface area contributed by atoms with Gasteiger partial charge in [0.2, 0.25) is 0 Å². The van der Waals surface area contributed by atoms with Crippen molar-refractivity contribution in [2.45, 2.75) is 18.8 Å². The van der Waals surface area contributed by atoms with E-state index in [1.807, 2.05) is 6.07 Å². The molecule has 0 bridgehead atoms. The van der Waals surface area contributed by atoms with Gasteiger partial charge >= 0.3 is 0 Å². The van der Waals surface area contributed by atoms with Crippen molar-refractivity contribution < 1.29 is 9.15 Å². The number of fused-ring (bicyclic) bond motifs is 1. The fourth-order valence-electron chi connectivity index (χ4n) is 3.29. The summed E-state index contributed by atoms with van der Waals surface area (Å²) in [7, 11) is 1.61. The molecule has 1 aromatic heterocycles. The van der Waals surface area contributed by atoms with Crippen LogP contribution >= 0.6 is 0 Å². The van der Waals surface area contributed by atoms with E-state index in [1.54, 1.807) is 19.4 Å². The average molecular weight is 330 g/mol. The van der Waals surface area contributed by atoms with E-state index in [0.717, 1.165) is 24.0 Å². The van der Waals surface area contributed by atoms with Gasteiger partial charge in [0.15, 0.2) is 12.2 Å². The van der Waals surface area contributed by atoms with Crippen molar-refractivity contribution >= 4 is 5.69 Å². The summed E-state index contributed by atoms with van der Waals surface area (Å²) in [5.41, 5.74) is 11.1. The lowest BCUT2D eigenvalue weighted by atomic mass is 10.0. The smallest absolute Gasteiger partial charge is 0.181 e. The third-order valence-corrected chi connectivity index (χ3v) is 4.58. The van der Waals surface area contributed by atoms with Gasteiger partial charge in [-0.3, -0.25) is 0 Å². The molecule has 25 heavy (non-hydrogen) atoms. The van der Waals surface area contributed by atoms with Gasteiger partial charge in [0.25, 0.3) is 0 Å². The minimum atomic E-state index is 0.256. The van der Waals surface area contributed by atoms with Crippen LogP contribution in [-0.4, -0.2) is 12.1 Å². The number of oxazole rings is 1. The minimum Gasteiger partial charge on any atom is -0.496 e. The summed E-state index contributed by atoms with van der Waals surface area (Å²) in [4.78, 5) is 3.97. The van der Waals surface area contributed by atoms with Crippen LogP contribution in [0.4, 0.5) is 5.69 Å². The molecule has 0 amide bonds. The third-order valence-electron chi connectivity index (χ3n) is 4.58.